The highest BCUT2D eigenvalue weighted by atomic mass is 16.4. The van der Waals surface area contributed by atoms with Gasteiger partial charge in [-0.2, -0.15) is 5.10 Å². The predicted octanol–water partition coefficient (Wildman–Crippen LogP) is 0.162. The number of carbonyl (C=O) groups excluding carboxylic acids is 1. The van der Waals surface area contributed by atoms with E-state index in [2.05, 4.69) is 20.6 Å². The Morgan fingerprint density at radius 2 is 2.16 bits per heavy atom. The summed E-state index contributed by atoms with van der Waals surface area (Å²) in [6.07, 6.45) is 4.43. The van der Waals surface area contributed by atoms with Crippen molar-refractivity contribution in [2.75, 3.05) is 5.32 Å². The standard InChI is InChI=1S/C11H12N6O2/c1-17-10(8(6-14-17)9(12)16-19)15-11(18)7-2-4-13-5-3-7/h2-6,19H,1H3,(H2,12,16)(H,15,18). The summed E-state index contributed by atoms with van der Waals surface area (Å²) in [6, 6.07) is 3.16. The number of nitrogens with one attached hydrogen (secondary N) is 1. The SMILES string of the molecule is Cn1ncc(C(N)=NO)c1NC(=O)c1ccncc1. The molecule has 1 amide bonds. The fourth-order valence-electron chi connectivity index (χ4n) is 1.51. The minimum absolute atomic E-state index is 0.127. The first-order valence-corrected chi connectivity index (χ1v) is 5.34. The van der Waals surface area contributed by atoms with E-state index in [9.17, 15) is 4.79 Å². The van der Waals surface area contributed by atoms with Crippen molar-refractivity contribution in [2.45, 2.75) is 0 Å². The number of nitrogens with zero attached hydrogens (tertiary/aromatic N) is 4. The Morgan fingerprint density at radius 3 is 2.79 bits per heavy atom. The maximum atomic E-state index is 12.0. The molecule has 98 valence electrons. The van der Waals surface area contributed by atoms with Gasteiger partial charge in [0.05, 0.1) is 11.8 Å². The number of aryl methyl sites for hydroxylation is 1. The van der Waals surface area contributed by atoms with E-state index in [1.54, 1.807) is 19.2 Å². The number of hydrogen-bond donors (Lipinski definition) is 3. The third kappa shape index (κ3) is 2.51. The first kappa shape index (κ1) is 12.6. The summed E-state index contributed by atoms with van der Waals surface area (Å²) in [7, 11) is 1.64. The normalized spacial score (nSPS) is 11.3. The van der Waals surface area contributed by atoms with Gasteiger partial charge < -0.3 is 16.3 Å². The van der Waals surface area contributed by atoms with E-state index in [1.165, 1.54) is 23.3 Å². The Balaban J connectivity index is 2.29. The van der Waals surface area contributed by atoms with E-state index in [1.807, 2.05) is 0 Å². The van der Waals surface area contributed by atoms with E-state index < -0.39 is 0 Å². The van der Waals surface area contributed by atoms with Gasteiger partial charge >= 0.3 is 0 Å². The molecule has 0 fully saturated rings. The summed E-state index contributed by atoms with van der Waals surface area (Å²) in [4.78, 5) is 15.8. The molecule has 0 atom stereocenters. The fraction of sp³-hybridized carbons (Fsp3) is 0.0909. The van der Waals surface area contributed by atoms with Crippen LogP contribution in [0.15, 0.2) is 35.9 Å². The Kier molecular flexibility index (Phi) is 3.42. The van der Waals surface area contributed by atoms with Crippen LogP contribution in [-0.4, -0.2) is 31.7 Å². The summed E-state index contributed by atoms with van der Waals surface area (Å²) in [5.41, 5.74) is 6.29. The predicted molar refractivity (Wildman–Crippen MR) is 67.9 cm³/mol. The zero-order valence-electron chi connectivity index (χ0n) is 10.1. The van der Waals surface area contributed by atoms with Crippen LogP contribution in [0.25, 0.3) is 0 Å². The van der Waals surface area contributed by atoms with E-state index >= 15 is 0 Å². The Labute approximate surface area is 108 Å². The molecule has 2 heterocycles. The van der Waals surface area contributed by atoms with Crippen LogP contribution in [0.1, 0.15) is 15.9 Å². The second kappa shape index (κ2) is 5.17. The zero-order valence-corrected chi connectivity index (χ0v) is 10.1. The largest absolute Gasteiger partial charge is 0.409 e. The van der Waals surface area contributed by atoms with Crippen LogP contribution in [0.5, 0.6) is 0 Å². The summed E-state index contributed by atoms with van der Waals surface area (Å²) in [5.74, 6) is -0.117. The molecule has 19 heavy (non-hydrogen) atoms. The number of oxime groups is 1. The van der Waals surface area contributed by atoms with Crippen molar-refractivity contribution in [3.63, 3.8) is 0 Å². The summed E-state index contributed by atoms with van der Waals surface area (Å²) in [6.45, 7) is 0. The summed E-state index contributed by atoms with van der Waals surface area (Å²) >= 11 is 0. The molecule has 0 aromatic carbocycles. The van der Waals surface area contributed by atoms with Gasteiger partial charge in [0.15, 0.2) is 5.84 Å². The number of aromatic nitrogens is 3. The number of rotatable bonds is 3. The number of carbonyl (C=O) groups is 1. The third-order valence-electron chi connectivity index (χ3n) is 2.50. The van der Waals surface area contributed by atoms with Crippen LogP contribution >= 0.6 is 0 Å². The molecule has 0 unspecified atom stereocenters. The van der Waals surface area contributed by atoms with Gasteiger partial charge in [-0.05, 0) is 12.1 Å². The second-order valence-corrected chi connectivity index (χ2v) is 3.71. The summed E-state index contributed by atoms with van der Waals surface area (Å²) in [5, 5.41) is 18.2. The number of pyridine rings is 1. The van der Waals surface area contributed by atoms with Gasteiger partial charge in [0.2, 0.25) is 0 Å². The first-order valence-electron chi connectivity index (χ1n) is 5.34. The Morgan fingerprint density at radius 1 is 1.47 bits per heavy atom. The highest BCUT2D eigenvalue weighted by Gasteiger charge is 2.15. The van der Waals surface area contributed by atoms with Crippen LogP contribution in [-0.2, 0) is 7.05 Å². The van der Waals surface area contributed by atoms with Gasteiger partial charge in [0.25, 0.3) is 5.91 Å². The van der Waals surface area contributed by atoms with E-state index in [0.717, 1.165) is 0 Å². The van der Waals surface area contributed by atoms with Crippen LogP contribution in [0.3, 0.4) is 0 Å². The molecule has 0 aliphatic rings. The lowest BCUT2D eigenvalue weighted by molar-refractivity contribution is 0.102. The van der Waals surface area contributed by atoms with Crippen molar-refractivity contribution in [2.24, 2.45) is 17.9 Å². The number of amidine groups is 1. The fourth-order valence-corrected chi connectivity index (χ4v) is 1.51. The first-order chi connectivity index (χ1) is 9.13. The van der Waals surface area contributed by atoms with Gasteiger partial charge in [-0.25, -0.2) is 0 Å². The Bertz CT molecular complexity index is 619. The molecule has 2 aromatic heterocycles. The van der Waals surface area contributed by atoms with Crippen LogP contribution in [0, 0.1) is 0 Å². The molecule has 0 bridgehead atoms. The van der Waals surface area contributed by atoms with Crippen molar-refractivity contribution < 1.29 is 10.0 Å². The van der Waals surface area contributed by atoms with Crippen molar-refractivity contribution in [3.8, 4) is 0 Å². The Hall–Kier alpha value is -2.90. The van der Waals surface area contributed by atoms with Crippen LogP contribution in [0.2, 0.25) is 0 Å². The van der Waals surface area contributed by atoms with E-state index in [0.29, 0.717) is 16.9 Å². The molecule has 0 aliphatic heterocycles. The molecule has 0 saturated heterocycles. The smallest absolute Gasteiger partial charge is 0.256 e. The van der Waals surface area contributed by atoms with Crippen molar-refractivity contribution in [1.29, 1.82) is 0 Å². The molecule has 0 spiro atoms. The number of amides is 1. The van der Waals surface area contributed by atoms with E-state index in [-0.39, 0.29) is 11.7 Å². The van der Waals surface area contributed by atoms with Crippen LogP contribution < -0.4 is 11.1 Å². The number of anilines is 1. The van der Waals surface area contributed by atoms with Gasteiger partial charge in [-0.3, -0.25) is 14.5 Å². The molecule has 0 radical (unpaired) electrons. The van der Waals surface area contributed by atoms with Gasteiger partial charge in [0, 0.05) is 25.0 Å². The minimum atomic E-state index is -0.335. The molecule has 2 aromatic rings. The molecule has 8 nitrogen and oxygen atoms in total. The second-order valence-electron chi connectivity index (χ2n) is 3.71. The maximum Gasteiger partial charge on any atom is 0.256 e. The van der Waals surface area contributed by atoms with Gasteiger partial charge in [-0.1, -0.05) is 5.16 Å². The summed E-state index contributed by atoms with van der Waals surface area (Å²) < 4.78 is 1.42. The molecule has 8 heteroatoms. The van der Waals surface area contributed by atoms with Gasteiger partial charge in [0.1, 0.15) is 5.82 Å². The van der Waals surface area contributed by atoms with Crippen molar-refractivity contribution >= 4 is 17.6 Å². The van der Waals surface area contributed by atoms with Gasteiger partial charge in [-0.15, -0.1) is 0 Å². The molecular weight excluding hydrogens is 248 g/mol. The number of nitrogens with two attached hydrogens (primary N) is 1. The van der Waals surface area contributed by atoms with E-state index in [4.69, 9.17) is 10.9 Å². The molecule has 0 aliphatic carbocycles. The number of hydrogen-bond acceptors (Lipinski definition) is 5. The van der Waals surface area contributed by atoms with Crippen molar-refractivity contribution in [3.05, 3.63) is 41.9 Å². The zero-order chi connectivity index (χ0) is 13.8. The minimum Gasteiger partial charge on any atom is -0.409 e. The maximum absolute atomic E-state index is 12.0. The lowest BCUT2D eigenvalue weighted by Gasteiger charge is -2.07. The molecule has 0 saturated carbocycles. The average molecular weight is 260 g/mol. The third-order valence-corrected chi connectivity index (χ3v) is 2.50. The molecule has 2 rings (SSSR count). The molecular formula is C11H12N6O2. The monoisotopic (exact) mass is 260 g/mol. The lowest BCUT2D eigenvalue weighted by atomic mass is 10.2. The van der Waals surface area contributed by atoms with Crippen molar-refractivity contribution in [1.82, 2.24) is 14.8 Å². The highest BCUT2D eigenvalue weighted by Crippen LogP contribution is 2.14. The topological polar surface area (TPSA) is 118 Å². The highest BCUT2D eigenvalue weighted by molar-refractivity contribution is 6.08. The molecule has 4 N–H and O–H groups in total. The quantitative estimate of drug-likeness (QED) is 0.314. The lowest BCUT2D eigenvalue weighted by Crippen LogP contribution is -2.20. The average Bonchev–Trinajstić information content (AvgIpc) is 2.80. The van der Waals surface area contributed by atoms with Crippen LogP contribution in [0.4, 0.5) is 5.82 Å².